The van der Waals surface area contributed by atoms with Crippen LogP contribution in [-0.4, -0.2) is 37.7 Å². The lowest BCUT2D eigenvalue weighted by atomic mass is 9.78. The largest absolute Gasteiger partial charge is 0.489 e. The molecule has 2 N–H and O–H groups in total. The van der Waals surface area contributed by atoms with Gasteiger partial charge in [0.25, 0.3) is 0 Å². The van der Waals surface area contributed by atoms with Crippen LogP contribution in [0.2, 0.25) is 0 Å². The molecule has 0 spiro atoms. The van der Waals surface area contributed by atoms with E-state index in [-0.39, 0.29) is 30.7 Å². The zero-order valence-corrected chi connectivity index (χ0v) is 17.5. The number of carbonyl (C=O) groups excluding carboxylic acids is 1. The second-order valence-corrected chi connectivity index (χ2v) is 6.60. The molecule has 28 heavy (non-hydrogen) atoms. The molecular formula is C20H27Cl2N3O3. The van der Waals surface area contributed by atoms with Crippen LogP contribution < -0.4 is 15.4 Å². The lowest BCUT2D eigenvalue weighted by Gasteiger charge is -2.35. The highest BCUT2D eigenvalue weighted by Crippen LogP contribution is 2.31. The molecule has 1 aromatic carbocycles. The summed E-state index contributed by atoms with van der Waals surface area (Å²) in [6.07, 6.45) is 5.04. The fourth-order valence-electron chi connectivity index (χ4n) is 3.20. The highest BCUT2D eigenvalue weighted by atomic mass is 35.5. The van der Waals surface area contributed by atoms with Crippen LogP contribution in [0.5, 0.6) is 5.75 Å². The van der Waals surface area contributed by atoms with Gasteiger partial charge in [0.1, 0.15) is 12.4 Å². The van der Waals surface area contributed by atoms with Gasteiger partial charge in [0.15, 0.2) is 0 Å². The third kappa shape index (κ3) is 6.34. The van der Waals surface area contributed by atoms with Crippen molar-refractivity contribution < 1.29 is 14.3 Å². The number of ether oxygens (including phenoxy) is 2. The maximum Gasteiger partial charge on any atom is 0.233 e. The number of methoxy groups -OCH3 is 1. The van der Waals surface area contributed by atoms with Crippen LogP contribution in [0.4, 0.5) is 5.69 Å². The number of hydrogen-bond donors (Lipinski definition) is 2. The molecule has 0 radical (unpaired) electrons. The van der Waals surface area contributed by atoms with E-state index in [4.69, 9.17) is 9.47 Å². The first kappa shape index (κ1) is 24.2. The maximum atomic E-state index is 12.9. The van der Waals surface area contributed by atoms with Gasteiger partial charge in [-0.25, -0.2) is 0 Å². The number of hydrogen-bond acceptors (Lipinski definition) is 5. The number of amides is 1. The molecule has 1 aliphatic rings. The third-order valence-corrected chi connectivity index (χ3v) is 4.68. The Morgan fingerprint density at radius 3 is 2.68 bits per heavy atom. The van der Waals surface area contributed by atoms with E-state index in [1.165, 1.54) is 0 Å². The number of anilines is 1. The Bertz CT molecular complexity index is 720. The van der Waals surface area contributed by atoms with Gasteiger partial charge in [-0.2, -0.15) is 0 Å². The van der Waals surface area contributed by atoms with Crippen LogP contribution >= 0.6 is 24.8 Å². The van der Waals surface area contributed by atoms with Crippen LogP contribution in [-0.2, 0) is 16.1 Å². The molecule has 6 nitrogen and oxygen atoms in total. The summed E-state index contributed by atoms with van der Waals surface area (Å²) >= 11 is 0. The van der Waals surface area contributed by atoms with Gasteiger partial charge < -0.3 is 20.1 Å². The predicted octanol–water partition coefficient (Wildman–Crippen LogP) is 3.46. The Balaban J connectivity index is 0.00000196. The molecule has 1 aromatic heterocycles. The number of pyridine rings is 1. The Kier molecular flexibility index (Phi) is 10.2. The second-order valence-electron chi connectivity index (χ2n) is 6.60. The van der Waals surface area contributed by atoms with Gasteiger partial charge in [-0.05, 0) is 44.1 Å². The molecule has 1 fully saturated rings. The zero-order valence-electron chi connectivity index (χ0n) is 15.8. The lowest BCUT2D eigenvalue weighted by Crippen LogP contribution is -2.47. The molecule has 2 heterocycles. The molecule has 0 atom stereocenters. The van der Waals surface area contributed by atoms with Gasteiger partial charge in [0.2, 0.25) is 5.91 Å². The fraction of sp³-hybridized carbons (Fsp3) is 0.400. The Morgan fingerprint density at radius 1 is 1.21 bits per heavy atom. The third-order valence-electron chi connectivity index (χ3n) is 4.68. The van der Waals surface area contributed by atoms with Crippen molar-refractivity contribution >= 4 is 36.4 Å². The highest BCUT2D eigenvalue weighted by molar-refractivity contribution is 5.95. The number of halogens is 2. The molecule has 1 saturated heterocycles. The van der Waals surface area contributed by atoms with Gasteiger partial charge in [-0.3, -0.25) is 9.78 Å². The summed E-state index contributed by atoms with van der Waals surface area (Å²) in [4.78, 5) is 17.0. The van der Waals surface area contributed by atoms with Crippen LogP contribution in [0.1, 0.15) is 18.4 Å². The minimum absolute atomic E-state index is 0. The molecule has 0 unspecified atom stereocenters. The Labute approximate surface area is 178 Å². The molecule has 8 heteroatoms. The van der Waals surface area contributed by atoms with Crippen LogP contribution in [0.15, 0.2) is 48.8 Å². The summed E-state index contributed by atoms with van der Waals surface area (Å²) in [6, 6.07) is 11.3. The zero-order chi connectivity index (χ0) is 18.2. The fourth-order valence-corrected chi connectivity index (χ4v) is 3.20. The van der Waals surface area contributed by atoms with E-state index in [2.05, 4.69) is 15.6 Å². The van der Waals surface area contributed by atoms with E-state index in [0.29, 0.717) is 19.0 Å². The molecule has 0 saturated carbocycles. The van der Waals surface area contributed by atoms with E-state index in [1.54, 1.807) is 19.5 Å². The summed E-state index contributed by atoms with van der Waals surface area (Å²) < 4.78 is 11.1. The van der Waals surface area contributed by atoms with E-state index in [0.717, 1.165) is 37.2 Å². The van der Waals surface area contributed by atoms with Crippen LogP contribution in [0.25, 0.3) is 0 Å². The van der Waals surface area contributed by atoms with Gasteiger partial charge in [0, 0.05) is 36.8 Å². The van der Waals surface area contributed by atoms with Gasteiger partial charge in [-0.15, -0.1) is 24.8 Å². The van der Waals surface area contributed by atoms with Crippen LogP contribution in [0.3, 0.4) is 0 Å². The van der Waals surface area contributed by atoms with Crippen molar-refractivity contribution in [3.63, 3.8) is 0 Å². The first-order chi connectivity index (χ1) is 12.7. The normalized spacial score (nSPS) is 14.9. The molecule has 0 aliphatic carbocycles. The number of aromatic nitrogens is 1. The number of carbonyl (C=O) groups is 1. The topological polar surface area (TPSA) is 72.5 Å². The van der Waals surface area contributed by atoms with Gasteiger partial charge in [-0.1, -0.05) is 12.1 Å². The molecule has 154 valence electrons. The standard InChI is InChI=1S/C20H25N3O3.2ClH/c1-25-15-20(7-10-21-11-8-20)19(24)23-17-5-2-6-18(12-17)26-14-16-4-3-9-22-13-16;;/h2-6,9,12-13,21H,7-8,10-11,14-15H2,1H3,(H,23,24);2*1H. The maximum absolute atomic E-state index is 12.9. The molecule has 1 aliphatic heterocycles. The number of nitrogens with one attached hydrogen (secondary N) is 2. The van der Waals surface area contributed by atoms with Crippen molar-refractivity contribution in [2.45, 2.75) is 19.4 Å². The van der Waals surface area contributed by atoms with Gasteiger partial charge >= 0.3 is 0 Å². The Hall–Kier alpha value is -1.86. The minimum Gasteiger partial charge on any atom is -0.489 e. The summed E-state index contributed by atoms with van der Waals surface area (Å²) in [6.45, 7) is 2.51. The van der Waals surface area contributed by atoms with E-state index < -0.39 is 5.41 Å². The van der Waals surface area contributed by atoms with Crippen molar-refractivity contribution in [1.29, 1.82) is 0 Å². The summed E-state index contributed by atoms with van der Waals surface area (Å²) in [7, 11) is 1.64. The molecule has 0 bridgehead atoms. The molecular weight excluding hydrogens is 401 g/mol. The number of benzene rings is 1. The number of rotatable bonds is 7. The predicted molar refractivity (Wildman–Crippen MR) is 115 cm³/mol. The average Bonchev–Trinajstić information content (AvgIpc) is 2.68. The first-order valence-corrected chi connectivity index (χ1v) is 8.85. The van der Waals surface area contributed by atoms with Gasteiger partial charge in [0.05, 0.1) is 12.0 Å². The van der Waals surface area contributed by atoms with Crippen molar-refractivity contribution in [3.05, 3.63) is 54.4 Å². The molecule has 3 rings (SSSR count). The Morgan fingerprint density at radius 2 is 2.00 bits per heavy atom. The summed E-state index contributed by atoms with van der Waals surface area (Å²) in [5, 5.41) is 6.33. The number of piperidine rings is 1. The van der Waals surface area contributed by atoms with E-state index in [9.17, 15) is 4.79 Å². The quantitative estimate of drug-likeness (QED) is 0.707. The highest BCUT2D eigenvalue weighted by Gasteiger charge is 2.39. The number of nitrogens with zero attached hydrogens (tertiary/aromatic N) is 1. The minimum atomic E-state index is -0.480. The second kappa shape index (κ2) is 11.9. The van der Waals surface area contributed by atoms with Crippen LogP contribution in [0, 0.1) is 5.41 Å². The first-order valence-electron chi connectivity index (χ1n) is 8.85. The SMILES string of the molecule is COCC1(C(=O)Nc2cccc(OCc3cccnc3)c2)CCNCC1.Cl.Cl. The average molecular weight is 428 g/mol. The summed E-state index contributed by atoms with van der Waals surface area (Å²) in [5.41, 5.74) is 1.25. The van der Waals surface area contributed by atoms with Crippen molar-refractivity contribution in [2.24, 2.45) is 5.41 Å². The van der Waals surface area contributed by atoms with Crippen molar-refractivity contribution in [3.8, 4) is 5.75 Å². The van der Waals surface area contributed by atoms with Crippen molar-refractivity contribution in [1.82, 2.24) is 10.3 Å². The monoisotopic (exact) mass is 427 g/mol. The smallest absolute Gasteiger partial charge is 0.233 e. The van der Waals surface area contributed by atoms with E-state index >= 15 is 0 Å². The van der Waals surface area contributed by atoms with Crippen molar-refractivity contribution in [2.75, 3.05) is 32.1 Å². The van der Waals surface area contributed by atoms with E-state index in [1.807, 2.05) is 36.4 Å². The summed E-state index contributed by atoms with van der Waals surface area (Å²) in [5.74, 6) is 0.711. The molecule has 1 amide bonds. The molecule has 2 aromatic rings. The lowest BCUT2D eigenvalue weighted by molar-refractivity contribution is -0.130.